The minimum absolute atomic E-state index is 0.169. The van der Waals surface area contributed by atoms with E-state index in [4.69, 9.17) is 0 Å². The SMILES string of the molecule is CCS/C=C(\C)C1=Cc2nccn2C(SCC)C#C1. The first-order valence-electron chi connectivity index (χ1n) is 6.42. The van der Waals surface area contributed by atoms with Crippen LogP contribution in [-0.2, 0) is 0 Å². The van der Waals surface area contributed by atoms with Gasteiger partial charge in [-0.2, -0.15) is 0 Å². The Morgan fingerprint density at radius 3 is 3.05 bits per heavy atom. The smallest absolute Gasteiger partial charge is 0.143 e. The summed E-state index contributed by atoms with van der Waals surface area (Å²) in [5.74, 6) is 9.77. The molecule has 2 heterocycles. The Balaban J connectivity index is 2.34. The number of hydrogen-bond donors (Lipinski definition) is 0. The predicted molar refractivity (Wildman–Crippen MR) is 87.0 cm³/mol. The Morgan fingerprint density at radius 2 is 2.32 bits per heavy atom. The number of imidazole rings is 1. The van der Waals surface area contributed by atoms with Crippen LogP contribution in [0, 0.1) is 11.8 Å². The lowest BCUT2D eigenvalue weighted by Crippen LogP contribution is -2.03. The van der Waals surface area contributed by atoms with Crippen molar-refractivity contribution >= 4 is 29.6 Å². The molecule has 0 N–H and O–H groups in total. The van der Waals surface area contributed by atoms with Crippen molar-refractivity contribution in [3.63, 3.8) is 0 Å². The number of rotatable bonds is 5. The maximum Gasteiger partial charge on any atom is 0.143 e. The first kappa shape index (κ1) is 14.4. The van der Waals surface area contributed by atoms with Crippen molar-refractivity contribution in [1.82, 2.24) is 9.55 Å². The summed E-state index contributed by atoms with van der Waals surface area (Å²) in [6.07, 6.45) is 5.95. The monoisotopic (exact) mass is 290 g/mol. The first-order chi connectivity index (χ1) is 9.26. The van der Waals surface area contributed by atoms with Crippen molar-refractivity contribution in [3.05, 3.63) is 34.8 Å². The third-order valence-electron chi connectivity index (χ3n) is 2.73. The Kier molecular flexibility index (Phi) is 5.24. The number of nitrogens with zero attached hydrogens (tertiary/aromatic N) is 2. The molecule has 4 heteroatoms. The number of fused-ring (bicyclic) bond motifs is 1. The van der Waals surface area contributed by atoms with E-state index in [0.717, 1.165) is 22.9 Å². The fraction of sp³-hybridized carbons (Fsp3) is 0.400. The van der Waals surface area contributed by atoms with Crippen molar-refractivity contribution in [2.45, 2.75) is 26.1 Å². The Hall–Kier alpha value is -1.05. The van der Waals surface area contributed by atoms with Gasteiger partial charge in [0.2, 0.25) is 0 Å². The fourth-order valence-electron chi connectivity index (χ4n) is 1.77. The average molecular weight is 290 g/mol. The molecule has 1 aromatic rings. The molecule has 0 saturated carbocycles. The fourth-order valence-corrected chi connectivity index (χ4v) is 3.11. The standard InChI is InChI=1S/C15H18N2S2/c1-4-18-11-12(3)13-6-7-15(19-5-2)17-9-8-16-14(17)10-13/h8-11,15H,4-5H2,1-3H3/b12-11+. The van der Waals surface area contributed by atoms with Gasteiger partial charge >= 0.3 is 0 Å². The van der Waals surface area contributed by atoms with Gasteiger partial charge in [-0.1, -0.05) is 25.7 Å². The third kappa shape index (κ3) is 3.49. The van der Waals surface area contributed by atoms with E-state index in [1.54, 1.807) is 0 Å². The number of aromatic nitrogens is 2. The van der Waals surface area contributed by atoms with E-state index in [2.05, 4.69) is 53.6 Å². The average Bonchev–Trinajstić information content (AvgIpc) is 2.80. The molecule has 0 aliphatic carbocycles. The van der Waals surface area contributed by atoms with E-state index in [1.807, 2.05) is 35.9 Å². The van der Waals surface area contributed by atoms with Crippen LogP contribution in [0.2, 0.25) is 0 Å². The molecule has 0 saturated heterocycles. The molecular weight excluding hydrogens is 272 g/mol. The molecule has 0 fully saturated rings. The number of allylic oxidation sites excluding steroid dienone is 2. The summed E-state index contributed by atoms with van der Waals surface area (Å²) < 4.78 is 2.15. The molecule has 19 heavy (non-hydrogen) atoms. The van der Waals surface area contributed by atoms with Crippen molar-refractivity contribution in [2.75, 3.05) is 11.5 Å². The largest absolute Gasteiger partial charge is 0.308 e. The molecule has 1 aliphatic heterocycles. The maximum absolute atomic E-state index is 4.42. The second-order valence-corrected chi connectivity index (χ2v) is 6.59. The Bertz CT molecular complexity index is 558. The molecule has 0 radical (unpaired) electrons. The zero-order valence-electron chi connectivity index (χ0n) is 11.5. The van der Waals surface area contributed by atoms with Crippen molar-refractivity contribution in [2.24, 2.45) is 0 Å². The predicted octanol–water partition coefficient (Wildman–Crippen LogP) is 4.19. The first-order valence-corrected chi connectivity index (χ1v) is 8.52. The molecule has 1 aliphatic rings. The molecular formula is C15H18N2S2. The highest BCUT2D eigenvalue weighted by molar-refractivity contribution is 8.02. The van der Waals surface area contributed by atoms with Crippen molar-refractivity contribution < 1.29 is 0 Å². The van der Waals surface area contributed by atoms with Gasteiger partial charge in [0.15, 0.2) is 0 Å². The van der Waals surface area contributed by atoms with Crippen LogP contribution in [0.1, 0.15) is 32.0 Å². The lowest BCUT2D eigenvalue weighted by Gasteiger charge is -2.11. The zero-order chi connectivity index (χ0) is 13.7. The van der Waals surface area contributed by atoms with Crippen LogP contribution in [0.5, 0.6) is 0 Å². The summed E-state index contributed by atoms with van der Waals surface area (Å²) in [5, 5.41) is 2.35. The second kappa shape index (κ2) is 6.93. The van der Waals surface area contributed by atoms with E-state index in [9.17, 15) is 0 Å². The molecule has 100 valence electrons. The summed E-state index contributed by atoms with van der Waals surface area (Å²) in [5.41, 5.74) is 2.30. The Labute approximate surface area is 123 Å². The van der Waals surface area contributed by atoms with Crippen LogP contribution in [0.15, 0.2) is 28.9 Å². The summed E-state index contributed by atoms with van der Waals surface area (Å²) in [7, 11) is 0. The minimum Gasteiger partial charge on any atom is -0.308 e. The highest BCUT2D eigenvalue weighted by Gasteiger charge is 2.14. The highest BCUT2D eigenvalue weighted by atomic mass is 32.2. The summed E-state index contributed by atoms with van der Waals surface area (Å²) in [6, 6.07) is 0. The van der Waals surface area contributed by atoms with Crippen molar-refractivity contribution in [1.29, 1.82) is 0 Å². The molecule has 0 bridgehead atoms. The Morgan fingerprint density at radius 1 is 1.47 bits per heavy atom. The number of hydrogen-bond acceptors (Lipinski definition) is 3. The van der Waals surface area contributed by atoms with Crippen LogP contribution in [0.3, 0.4) is 0 Å². The van der Waals surface area contributed by atoms with E-state index >= 15 is 0 Å². The van der Waals surface area contributed by atoms with Gasteiger partial charge in [0.05, 0.1) is 0 Å². The van der Waals surface area contributed by atoms with Crippen LogP contribution in [0.25, 0.3) is 6.08 Å². The van der Waals surface area contributed by atoms with Crippen LogP contribution in [0.4, 0.5) is 0 Å². The van der Waals surface area contributed by atoms with Crippen LogP contribution in [-0.4, -0.2) is 21.1 Å². The molecule has 1 atom stereocenters. The van der Waals surface area contributed by atoms with Gasteiger partial charge in [0, 0.05) is 18.0 Å². The topological polar surface area (TPSA) is 17.8 Å². The van der Waals surface area contributed by atoms with Crippen molar-refractivity contribution in [3.8, 4) is 11.8 Å². The van der Waals surface area contributed by atoms with Gasteiger partial charge in [-0.05, 0) is 35.5 Å². The van der Waals surface area contributed by atoms with E-state index in [-0.39, 0.29) is 5.37 Å². The summed E-state index contributed by atoms with van der Waals surface area (Å²) in [4.78, 5) is 4.42. The van der Waals surface area contributed by atoms with Gasteiger partial charge in [-0.25, -0.2) is 4.98 Å². The highest BCUT2D eigenvalue weighted by Crippen LogP contribution is 2.27. The maximum atomic E-state index is 4.42. The van der Waals surface area contributed by atoms with Crippen LogP contribution < -0.4 is 0 Å². The molecule has 0 amide bonds. The summed E-state index contributed by atoms with van der Waals surface area (Å²) >= 11 is 3.64. The molecule has 1 aromatic heterocycles. The molecule has 2 nitrogen and oxygen atoms in total. The lowest BCUT2D eigenvalue weighted by atomic mass is 10.1. The molecule has 0 spiro atoms. The molecule has 0 aromatic carbocycles. The second-order valence-electron chi connectivity index (χ2n) is 4.08. The van der Waals surface area contributed by atoms with E-state index in [1.165, 1.54) is 5.57 Å². The van der Waals surface area contributed by atoms with Gasteiger partial charge in [0.1, 0.15) is 11.2 Å². The van der Waals surface area contributed by atoms with E-state index < -0.39 is 0 Å². The van der Waals surface area contributed by atoms with Gasteiger partial charge in [-0.15, -0.1) is 23.5 Å². The zero-order valence-corrected chi connectivity index (χ0v) is 13.1. The minimum atomic E-state index is 0.169. The normalized spacial score (nSPS) is 18.2. The summed E-state index contributed by atoms with van der Waals surface area (Å²) in [6.45, 7) is 6.43. The molecule has 2 rings (SSSR count). The number of thioether (sulfide) groups is 2. The van der Waals surface area contributed by atoms with Gasteiger partial charge in [-0.3, -0.25) is 0 Å². The van der Waals surface area contributed by atoms with Gasteiger partial charge in [0.25, 0.3) is 0 Å². The van der Waals surface area contributed by atoms with E-state index in [0.29, 0.717) is 0 Å². The quantitative estimate of drug-likeness (QED) is 0.757. The van der Waals surface area contributed by atoms with Crippen LogP contribution >= 0.6 is 23.5 Å². The molecule has 1 unspecified atom stereocenters. The lowest BCUT2D eigenvalue weighted by molar-refractivity contribution is 0.808. The third-order valence-corrected chi connectivity index (χ3v) is 4.58. The van der Waals surface area contributed by atoms with Gasteiger partial charge < -0.3 is 4.57 Å².